The Bertz CT molecular complexity index is 860. The summed E-state index contributed by atoms with van der Waals surface area (Å²) in [7, 11) is 1.65. The van der Waals surface area contributed by atoms with Crippen molar-refractivity contribution in [3.05, 3.63) is 45.8 Å². The normalized spacial score (nSPS) is 17.5. The second-order valence-electron chi connectivity index (χ2n) is 7.48. The van der Waals surface area contributed by atoms with Crippen LogP contribution in [0.15, 0.2) is 23.1 Å². The van der Waals surface area contributed by atoms with Crippen molar-refractivity contribution in [3.63, 3.8) is 0 Å². The number of ether oxygens (including phenoxy) is 1. The van der Waals surface area contributed by atoms with E-state index in [1.807, 2.05) is 6.07 Å². The minimum atomic E-state index is 0.0333. The summed E-state index contributed by atoms with van der Waals surface area (Å²) >= 11 is 0. The number of aryl methyl sites for hydroxylation is 2. The first-order valence-electron chi connectivity index (χ1n) is 10.1. The first-order chi connectivity index (χ1) is 13.7. The van der Waals surface area contributed by atoms with Crippen LogP contribution in [0, 0.1) is 0 Å². The van der Waals surface area contributed by atoms with Crippen molar-refractivity contribution in [2.75, 3.05) is 44.7 Å². The van der Waals surface area contributed by atoms with Gasteiger partial charge in [0.1, 0.15) is 12.4 Å². The number of hydrogen-bond donors (Lipinski definition) is 0. The van der Waals surface area contributed by atoms with Gasteiger partial charge in [-0.15, -0.1) is 0 Å². The topological polar surface area (TPSA) is 76.4 Å². The van der Waals surface area contributed by atoms with Crippen molar-refractivity contribution < 1.29 is 4.74 Å². The molecule has 2 aromatic rings. The van der Waals surface area contributed by atoms with Crippen molar-refractivity contribution >= 4 is 5.82 Å². The molecular formula is C20H28N6O2. The van der Waals surface area contributed by atoms with Gasteiger partial charge in [-0.1, -0.05) is 0 Å². The number of hydrogen-bond acceptors (Lipinski definition) is 7. The highest BCUT2D eigenvalue weighted by atomic mass is 16.5. The van der Waals surface area contributed by atoms with Crippen molar-refractivity contribution in [3.8, 4) is 0 Å². The molecule has 1 aliphatic heterocycles. The summed E-state index contributed by atoms with van der Waals surface area (Å²) < 4.78 is 6.77. The molecule has 2 aromatic heterocycles. The third-order valence-corrected chi connectivity index (χ3v) is 5.56. The van der Waals surface area contributed by atoms with E-state index >= 15 is 0 Å². The Labute approximate surface area is 165 Å². The molecule has 1 saturated heterocycles. The van der Waals surface area contributed by atoms with E-state index in [0.29, 0.717) is 19.0 Å². The molecule has 1 fully saturated rings. The fourth-order valence-corrected chi connectivity index (χ4v) is 3.96. The zero-order valence-corrected chi connectivity index (χ0v) is 16.5. The maximum atomic E-state index is 12.3. The molecule has 0 bridgehead atoms. The number of methoxy groups -OCH3 is 1. The highest BCUT2D eigenvalue weighted by Gasteiger charge is 2.19. The fraction of sp³-hybridized carbons (Fsp3) is 0.600. The molecular weight excluding hydrogens is 356 g/mol. The number of aromatic nitrogens is 4. The average Bonchev–Trinajstić information content (AvgIpc) is 2.73. The van der Waals surface area contributed by atoms with Gasteiger partial charge in [-0.05, 0) is 37.3 Å². The number of rotatable bonds is 6. The number of anilines is 1. The maximum Gasteiger partial charge on any atom is 0.267 e. The summed E-state index contributed by atoms with van der Waals surface area (Å²) in [6.45, 7) is 5.64. The van der Waals surface area contributed by atoms with Crippen LogP contribution in [0.3, 0.4) is 0 Å². The molecule has 150 valence electrons. The predicted octanol–water partition coefficient (Wildman–Crippen LogP) is 0.881. The van der Waals surface area contributed by atoms with Crippen LogP contribution in [0.5, 0.6) is 0 Å². The fourth-order valence-electron chi connectivity index (χ4n) is 3.96. The Morgan fingerprint density at radius 3 is 2.75 bits per heavy atom. The zero-order valence-electron chi connectivity index (χ0n) is 16.5. The van der Waals surface area contributed by atoms with E-state index < -0.39 is 0 Å². The van der Waals surface area contributed by atoms with Gasteiger partial charge in [0.25, 0.3) is 5.56 Å². The zero-order chi connectivity index (χ0) is 19.3. The lowest BCUT2D eigenvalue weighted by Gasteiger charge is -2.35. The van der Waals surface area contributed by atoms with Gasteiger partial charge in [-0.25, -0.2) is 14.6 Å². The number of nitrogens with zero attached hydrogens (tertiary/aromatic N) is 6. The molecule has 0 atom stereocenters. The van der Waals surface area contributed by atoms with E-state index in [1.165, 1.54) is 12.8 Å². The van der Waals surface area contributed by atoms with Gasteiger partial charge in [0.2, 0.25) is 0 Å². The van der Waals surface area contributed by atoms with Gasteiger partial charge in [-0.3, -0.25) is 9.69 Å². The van der Waals surface area contributed by atoms with Crippen molar-refractivity contribution in [2.24, 2.45) is 0 Å². The van der Waals surface area contributed by atoms with E-state index in [0.717, 1.165) is 62.6 Å². The van der Waals surface area contributed by atoms with Crippen LogP contribution in [-0.2, 0) is 30.7 Å². The van der Waals surface area contributed by atoms with Gasteiger partial charge in [0, 0.05) is 52.1 Å². The van der Waals surface area contributed by atoms with Gasteiger partial charge >= 0.3 is 0 Å². The minimum absolute atomic E-state index is 0.0333. The molecule has 0 spiro atoms. The van der Waals surface area contributed by atoms with E-state index in [1.54, 1.807) is 24.1 Å². The lowest BCUT2D eigenvalue weighted by Crippen LogP contribution is -2.48. The molecule has 4 rings (SSSR count). The van der Waals surface area contributed by atoms with E-state index in [4.69, 9.17) is 4.74 Å². The van der Waals surface area contributed by atoms with Gasteiger partial charge in [0.15, 0.2) is 5.82 Å². The third kappa shape index (κ3) is 4.39. The molecule has 8 heteroatoms. The number of piperazine rings is 1. The Balaban J connectivity index is 1.31. The summed E-state index contributed by atoms with van der Waals surface area (Å²) in [4.78, 5) is 25.8. The Morgan fingerprint density at radius 1 is 1.11 bits per heavy atom. The van der Waals surface area contributed by atoms with Gasteiger partial charge in [0.05, 0.1) is 12.2 Å². The lowest BCUT2D eigenvalue weighted by atomic mass is 9.97. The smallest absolute Gasteiger partial charge is 0.267 e. The van der Waals surface area contributed by atoms with Crippen LogP contribution in [-0.4, -0.2) is 64.5 Å². The van der Waals surface area contributed by atoms with Gasteiger partial charge in [-0.2, -0.15) is 5.10 Å². The molecule has 0 amide bonds. The quantitative estimate of drug-likeness (QED) is 0.732. The minimum Gasteiger partial charge on any atom is -0.377 e. The Kier molecular flexibility index (Phi) is 5.97. The summed E-state index contributed by atoms with van der Waals surface area (Å²) in [6, 6.07) is 3.75. The summed E-state index contributed by atoms with van der Waals surface area (Å²) in [5.41, 5.74) is 2.30. The molecule has 1 aliphatic carbocycles. The van der Waals surface area contributed by atoms with Crippen LogP contribution >= 0.6 is 0 Å². The number of fused-ring (bicyclic) bond motifs is 1. The lowest BCUT2D eigenvalue weighted by molar-refractivity contribution is 0.177. The molecule has 0 radical (unpaired) electrons. The molecule has 0 N–H and O–H groups in total. The maximum absolute atomic E-state index is 12.3. The van der Waals surface area contributed by atoms with Crippen LogP contribution in [0.1, 0.15) is 29.9 Å². The SMILES string of the molecule is COCc1nccc(N2CCN(CCn3nc4c(cc3=O)CCCC4)CC2)n1. The summed E-state index contributed by atoms with van der Waals surface area (Å²) in [6.07, 6.45) is 6.13. The molecule has 2 aliphatic rings. The van der Waals surface area contributed by atoms with E-state index in [2.05, 4.69) is 24.9 Å². The second-order valence-corrected chi connectivity index (χ2v) is 7.48. The Morgan fingerprint density at radius 2 is 1.93 bits per heavy atom. The molecule has 0 saturated carbocycles. The third-order valence-electron chi connectivity index (χ3n) is 5.56. The van der Waals surface area contributed by atoms with E-state index in [9.17, 15) is 4.79 Å². The first-order valence-corrected chi connectivity index (χ1v) is 10.1. The summed E-state index contributed by atoms with van der Waals surface area (Å²) in [5.74, 6) is 1.66. The second kappa shape index (κ2) is 8.79. The van der Waals surface area contributed by atoms with E-state index in [-0.39, 0.29) is 5.56 Å². The monoisotopic (exact) mass is 384 g/mol. The molecule has 3 heterocycles. The highest BCUT2D eigenvalue weighted by Crippen LogP contribution is 2.17. The first kappa shape index (κ1) is 19.0. The average molecular weight is 384 g/mol. The van der Waals surface area contributed by atoms with Gasteiger partial charge < -0.3 is 9.64 Å². The van der Waals surface area contributed by atoms with Crippen molar-refractivity contribution in [1.29, 1.82) is 0 Å². The van der Waals surface area contributed by atoms with Crippen molar-refractivity contribution in [2.45, 2.75) is 38.8 Å². The van der Waals surface area contributed by atoms with Crippen LogP contribution < -0.4 is 10.5 Å². The van der Waals surface area contributed by atoms with Crippen LogP contribution in [0.25, 0.3) is 0 Å². The Hall–Kier alpha value is -2.32. The van der Waals surface area contributed by atoms with Crippen LogP contribution in [0.4, 0.5) is 5.82 Å². The molecule has 0 aromatic carbocycles. The largest absolute Gasteiger partial charge is 0.377 e. The summed E-state index contributed by atoms with van der Waals surface area (Å²) in [5, 5.41) is 4.63. The van der Waals surface area contributed by atoms with Crippen molar-refractivity contribution in [1.82, 2.24) is 24.6 Å². The molecule has 28 heavy (non-hydrogen) atoms. The predicted molar refractivity (Wildman–Crippen MR) is 107 cm³/mol. The molecule has 0 unspecified atom stereocenters. The molecule has 8 nitrogen and oxygen atoms in total. The standard InChI is InChI=1S/C20H28N6O2/c1-28-15-18-21-7-6-19(22-18)25-11-8-24(9-12-25)10-13-26-20(27)14-16-4-2-3-5-17(16)23-26/h6-7,14H,2-5,8-13,15H2,1H3. The highest BCUT2D eigenvalue weighted by molar-refractivity contribution is 5.38. The van der Waals surface area contributed by atoms with Crippen LogP contribution in [0.2, 0.25) is 0 Å².